The largest absolute Gasteiger partial charge is 0.251 e. The summed E-state index contributed by atoms with van der Waals surface area (Å²) in [7, 11) is 0. The summed E-state index contributed by atoms with van der Waals surface area (Å²) in [4.78, 5) is 0. The molecule has 0 aromatic rings. The molecule has 0 aliphatic carbocycles. The lowest BCUT2D eigenvalue weighted by atomic mass is 10.2. The summed E-state index contributed by atoms with van der Waals surface area (Å²) in [6.45, 7) is 4.82. The second-order valence-corrected chi connectivity index (χ2v) is 12.2. The van der Waals surface area contributed by atoms with Crippen molar-refractivity contribution in [3.05, 3.63) is 0 Å². The van der Waals surface area contributed by atoms with Crippen molar-refractivity contribution in [2.45, 2.75) is 65.0 Å². The van der Waals surface area contributed by atoms with Gasteiger partial charge in [-0.1, -0.05) is 52.9 Å². The van der Waals surface area contributed by atoms with Gasteiger partial charge in [0.05, 0.1) is 0 Å². The predicted molar refractivity (Wildman–Crippen MR) is 70.7 cm³/mol. The van der Waals surface area contributed by atoms with E-state index in [1.165, 1.54) is 32.1 Å². The highest BCUT2D eigenvalue weighted by molar-refractivity contribution is 7.45. The molecule has 3 heteroatoms. The van der Waals surface area contributed by atoms with Crippen LogP contribution in [-0.2, 0) is 0 Å². The van der Waals surface area contributed by atoms with Gasteiger partial charge in [-0.3, -0.25) is 0 Å². The first-order valence-corrected chi connectivity index (χ1v) is 10.3. The van der Waals surface area contributed by atoms with Crippen LogP contribution < -0.4 is 0 Å². The lowest BCUT2D eigenvalue weighted by Gasteiger charge is -2.17. The van der Waals surface area contributed by atoms with E-state index in [4.69, 9.17) is 22.2 Å². The average Bonchev–Trinajstić information content (AvgIpc) is 2.10. The fourth-order valence-corrected chi connectivity index (χ4v) is 4.91. The van der Waals surface area contributed by atoms with Gasteiger partial charge in [0.1, 0.15) is 0 Å². The molecule has 0 heterocycles. The van der Waals surface area contributed by atoms with Crippen molar-refractivity contribution in [1.82, 2.24) is 0 Å². The highest BCUT2D eigenvalue weighted by Crippen LogP contribution is 2.30. The third-order valence-corrected chi connectivity index (χ3v) is 6.86. The van der Waals surface area contributed by atoms with Crippen LogP contribution in [0.1, 0.15) is 52.9 Å². The Morgan fingerprint density at radius 1 is 1.00 bits per heavy atom. The lowest BCUT2D eigenvalue weighted by molar-refractivity contribution is 0.620. The normalized spacial score (nSPS) is 12.4. The van der Waals surface area contributed by atoms with Crippen LogP contribution in [0.25, 0.3) is 0 Å². The minimum atomic E-state index is -1.87. The molecule has 0 aliphatic heterocycles. The minimum Gasteiger partial charge on any atom is -0.146 e. The third kappa shape index (κ3) is 9.36. The van der Waals surface area contributed by atoms with Crippen LogP contribution in [0.4, 0.5) is 0 Å². The van der Waals surface area contributed by atoms with Crippen LogP contribution in [0.3, 0.4) is 0 Å². The molecule has 0 saturated carbocycles. The minimum absolute atomic E-state index is 0.731. The molecular formula is C11H24Cl2Si. The van der Waals surface area contributed by atoms with Crippen LogP contribution >= 0.6 is 22.2 Å². The maximum absolute atomic E-state index is 6.36. The fourth-order valence-electron chi connectivity index (χ4n) is 1.44. The van der Waals surface area contributed by atoms with Crippen molar-refractivity contribution in [1.29, 1.82) is 0 Å². The topological polar surface area (TPSA) is 0 Å². The summed E-state index contributed by atoms with van der Waals surface area (Å²) in [6.07, 6.45) is 6.32. The monoisotopic (exact) mass is 254 g/mol. The zero-order valence-corrected chi connectivity index (χ0v) is 12.3. The van der Waals surface area contributed by atoms with Gasteiger partial charge in [-0.25, -0.2) is 0 Å². The third-order valence-electron chi connectivity index (χ3n) is 2.48. The van der Waals surface area contributed by atoms with Crippen LogP contribution in [0, 0.1) is 5.92 Å². The first-order chi connectivity index (χ1) is 6.48. The van der Waals surface area contributed by atoms with E-state index in [0.717, 1.165) is 18.0 Å². The quantitative estimate of drug-likeness (QED) is 0.304. The summed E-state index contributed by atoms with van der Waals surface area (Å²) in [5.74, 6) is 0.731. The molecule has 0 amide bonds. The van der Waals surface area contributed by atoms with Crippen molar-refractivity contribution in [2.75, 3.05) is 0 Å². The van der Waals surface area contributed by atoms with E-state index in [9.17, 15) is 0 Å². The second kappa shape index (κ2) is 8.01. The predicted octanol–water partition coefficient (Wildman–Crippen LogP) is 5.53. The molecule has 0 aromatic heterocycles. The fraction of sp³-hybridized carbons (Fsp3) is 1.00. The molecule has 0 N–H and O–H groups in total. The molecule has 0 nitrogen and oxygen atoms in total. The maximum Gasteiger partial charge on any atom is 0.251 e. The summed E-state index contributed by atoms with van der Waals surface area (Å²) in [6, 6.07) is 2.16. The highest BCUT2D eigenvalue weighted by Gasteiger charge is 2.27. The number of rotatable bonds is 8. The standard InChI is InChI=1S/C11H24Cl2Si/c1-4-5-6-7-9-14(12,13)10-8-11(2)3/h11H,4-10H2,1-3H3. The first kappa shape index (κ1) is 14.8. The molecule has 0 atom stereocenters. The van der Waals surface area contributed by atoms with E-state index < -0.39 is 6.69 Å². The zero-order chi connectivity index (χ0) is 11.0. The number of unbranched alkanes of at least 4 members (excludes halogenated alkanes) is 3. The van der Waals surface area contributed by atoms with E-state index in [0.29, 0.717) is 0 Å². The molecule has 0 bridgehead atoms. The summed E-state index contributed by atoms with van der Waals surface area (Å²) < 4.78 is 0. The van der Waals surface area contributed by atoms with Gasteiger partial charge < -0.3 is 0 Å². The van der Waals surface area contributed by atoms with Crippen molar-refractivity contribution in [2.24, 2.45) is 5.92 Å². The van der Waals surface area contributed by atoms with Gasteiger partial charge in [0.15, 0.2) is 0 Å². The van der Waals surface area contributed by atoms with Gasteiger partial charge in [-0.2, -0.15) is 0 Å². The van der Waals surface area contributed by atoms with E-state index in [-0.39, 0.29) is 0 Å². The molecule has 86 valence electrons. The van der Waals surface area contributed by atoms with Crippen molar-refractivity contribution in [3.63, 3.8) is 0 Å². The Bertz CT molecular complexity index is 135. The molecule has 0 aliphatic rings. The first-order valence-electron chi connectivity index (χ1n) is 5.86. The molecule has 0 unspecified atom stereocenters. The van der Waals surface area contributed by atoms with Gasteiger partial charge in [0, 0.05) is 0 Å². The van der Waals surface area contributed by atoms with Crippen LogP contribution in [-0.4, -0.2) is 6.69 Å². The Hall–Kier alpha value is 0.797. The van der Waals surface area contributed by atoms with Gasteiger partial charge in [-0.05, 0) is 18.0 Å². The molecule has 0 spiro atoms. The molecule has 0 fully saturated rings. The molecule has 0 rings (SSSR count). The summed E-state index contributed by atoms with van der Waals surface area (Å²) >= 11 is 12.7. The van der Waals surface area contributed by atoms with Crippen molar-refractivity contribution < 1.29 is 0 Å². The van der Waals surface area contributed by atoms with Crippen LogP contribution in [0.5, 0.6) is 0 Å². The maximum atomic E-state index is 6.36. The Morgan fingerprint density at radius 3 is 2.14 bits per heavy atom. The van der Waals surface area contributed by atoms with Gasteiger partial charge in [-0.15, -0.1) is 22.2 Å². The van der Waals surface area contributed by atoms with Crippen LogP contribution in [0.2, 0.25) is 12.1 Å². The van der Waals surface area contributed by atoms with Gasteiger partial charge in [0.2, 0.25) is 0 Å². The van der Waals surface area contributed by atoms with Crippen LogP contribution in [0.15, 0.2) is 0 Å². The summed E-state index contributed by atoms with van der Waals surface area (Å²) in [5, 5.41) is 0. The average molecular weight is 255 g/mol. The number of hydrogen-bond acceptors (Lipinski definition) is 0. The van der Waals surface area contributed by atoms with Crippen molar-refractivity contribution in [3.8, 4) is 0 Å². The number of hydrogen-bond donors (Lipinski definition) is 0. The van der Waals surface area contributed by atoms with Gasteiger partial charge >= 0.3 is 0 Å². The second-order valence-electron chi connectivity index (χ2n) is 4.60. The van der Waals surface area contributed by atoms with Gasteiger partial charge in [0.25, 0.3) is 6.69 Å². The Morgan fingerprint density at radius 2 is 1.64 bits per heavy atom. The molecular weight excluding hydrogens is 231 g/mol. The Labute approximate surface area is 99.8 Å². The molecule has 0 radical (unpaired) electrons. The molecule has 0 aromatic carbocycles. The zero-order valence-electron chi connectivity index (χ0n) is 9.78. The highest BCUT2D eigenvalue weighted by atomic mass is 35.7. The van der Waals surface area contributed by atoms with Crippen molar-refractivity contribution >= 4 is 28.9 Å². The molecule has 14 heavy (non-hydrogen) atoms. The Balaban J connectivity index is 3.50. The Kier molecular flexibility index (Phi) is 8.46. The number of halogens is 2. The van der Waals surface area contributed by atoms with E-state index in [2.05, 4.69) is 20.8 Å². The van der Waals surface area contributed by atoms with E-state index in [1.807, 2.05) is 0 Å². The lowest BCUT2D eigenvalue weighted by Crippen LogP contribution is -2.19. The van der Waals surface area contributed by atoms with E-state index in [1.54, 1.807) is 0 Å². The smallest absolute Gasteiger partial charge is 0.146 e. The molecule has 0 saturated heterocycles. The summed E-state index contributed by atoms with van der Waals surface area (Å²) in [5.41, 5.74) is 0. The SMILES string of the molecule is CCCCCC[Si](Cl)(Cl)CCC(C)C. The van der Waals surface area contributed by atoms with E-state index >= 15 is 0 Å².